The predicted molar refractivity (Wildman–Crippen MR) is 91.7 cm³/mol. The minimum absolute atomic E-state index is 0.0176. The van der Waals surface area contributed by atoms with Crippen LogP contribution in [0.2, 0.25) is 0 Å². The molecule has 0 saturated heterocycles. The summed E-state index contributed by atoms with van der Waals surface area (Å²) in [5.74, 6) is 1.57. The molecular formula is C19H24O5. The molecule has 0 aliphatic heterocycles. The Morgan fingerprint density at radius 1 is 0.583 bits per heavy atom. The Kier molecular flexibility index (Phi) is 8.10. The van der Waals surface area contributed by atoms with E-state index < -0.39 is 0 Å². The van der Waals surface area contributed by atoms with Gasteiger partial charge in [0.15, 0.2) is 0 Å². The predicted octanol–water partition coefficient (Wildman–Crippen LogP) is 2.04. The van der Waals surface area contributed by atoms with E-state index in [9.17, 15) is 0 Å². The van der Waals surface area contributed by atoms with Crippen LogP contribution in [0.4, 0.5) is 0 Å². The van der Waals surface area contributed by atoms with Gasteiger partial charge >= 0.3 is 0 Å². The van der Waals surface area contributed by atoms with Crippen molar-refractivity contribution in [3.8, 4) is 11.5 Å². The van der Waals surface area contributed by atoms with Crippen LogP contribution in [0.25, 0.3) is 0 Å². The van der Waals surface area contributed by atoms with Gasteiger partial charge in [-0.3, -0.25) is 0 Å². The molecule has 5 heteroatoms. The second-order valence-electron chi connectivity index (χ2n) is 5.22. The molecule has 24 heavy (non-hydrogen) atoms. The van der Waals surface area contributed by atoms with Crippen molar-refractivity contribution >= 4 is 0 Å². The molecule has 0 aromatic heterocycles. The minimum Gasteiger partial charge on any atom is -0.491 e. The van der Waals surface area contributed by atoms with Crippen LogP contribution >= 0.6 is 0 Å². The SMILES string of the molecule is OCCOCCOc1ccc(Cc2ccc(OCCO)cc2)cc1. The molecule has 0 aliphatic rings. The second-order valence-corrected chi connectivity index (χ2v) is 5.22. The number of hydrogen-bond donors (Lipinski definition) is 2. The molecular weight excluding hydrogens is 308 g/mol. The van der Waals surface area contributed by atoms with Gasteiger partial charge in [-0.2, -0.15) is 0 Å². The quantitative estimate of drug-likeness (QED) is 0.616. The smallest absolute Gasteiger partial charge is 0.119 e. The first-order valence-electron chi connectivity index (χ1n) is 8.05. The van der Waals surface area contributed by atoms with Gasteiger partial charge in [-0.25, -0.2) is 0 Å². The Bertz CT molecular complexity index is 565. The van der Waals surface area contributed by atoms with E-state index in [0.29, 0.717) is 26.4 Å². The molecule has 0 aliphatic carbocycles. The van der Waals surface area contributed by atoms with Crippen molar-refractivity contribution < 1.29 is 24.4 Å². The molecule has 2 N–H and O–H groups in total. The van der Waals surface area contributed by atoms with E-state index in [2.05, 4.69) is 0 Å². The minimum atomic E-state index is 0.0176. The van der Waals surface area contributed by atoms with E-state index in [1.54, 1.807) is 0 Å². The van der Waals surface area contributed by atoms with Crippen LogP contribution in [0.15, 0.2) is 48.5 Å². The van der Waals surface area contributed by atoms with Crippen molar-refractivity contribution in [2.24, 2.45) is 0 Å². The zero-order valence-corrected chi connectivity index (χ0v) is 13.7. The number of aliphatic hydroxyl groups excluding tert-OH is 2. The normalized spacial score (nSPS) is 10.6. The topological polar surface area (TPSA) is 68.2 Å². The lowest BCUT2D eigenvalue weighted by molar-refractivity contribution is 0.0705. The van der Waals surface area contributed by atoms with Gasteiger partial charge in [-0.1, -0.05) is 24.3 Å². The van der Waals surface area contributed by atoms with Crippen molar-refractivity contribution in [3.05, 3.63) is 59.7 Å². The molecule has 2 aromatic rings. The highest BCUT2D eigenvalue weighted by atomic mass is 16.5. The van der Waals surface area contributed by atoms with Crippen molar-refractivity contribution in [1.82, 2.24) is 0 Å². The first kappa shape index (κ1) is 18.3. The third kappa shape index (κ3) is 6.58. The number of rotatable bonds is 11. The maximum atomic E-state index is 8.74. The maximum absolute atomic E-state index is 8.74. The standard InChI is InChI=1S/C19H24O5/c20-9-11-22-13-14-24-19-7-3-17(4-8-19)15-16-1-5-18(6-2-16)23-12-10-21/h1-8,20-21H,9-15H2. The largest absolute Gasteiger partial charge is 0.491 e. The number of benzene rings is 2. The summed E-state index contributed by atoms with van der Waals surface area (Å²) in [6.45, 7) is 1.63. The van der Waals surface area contributed by atoms with E-state index in [1.807, 2.05) is 48.5 Å². The van der Waals surface area contributed by atoms with Crippen LogP contribution in [-0.2, 0) is 11.2 Å². The summed E-state index contributed by atoms with van der Waals surface area (Å²) in [6, 6.07) is 15.8. The Hall–Kier alpha value is -2.08. The van der Waals surface area contributed by atoms with E-state index in [4.69, 9.17) is 24.4 Å². The summed E-state index contributed by atoms with van der Waals surface area (Å²) in [5, 5.41) is 17.3. The Morgan fingerprint density at radius 3 is 1.58 bits per heavy atom. The molecule has 2 aromatic carbocycles. The first-order chi connectivity index (χ1) is 11.8. The maximum Gasteiger partial charge on any atom is 0.119 e. The second kappa shape index (κ2) is 10.6. The lowest BCUT2D eigenvalue weighted by Gasteiger charge is -2.08. The molecule has 0 radical (unpaired) electrons. The van der Waals surface area contributed by atoms with Crippen LogP contribution in [-0.4, -0.2) is 49.9 Å². The lowest BCUT2D eigenvalue weighted by atomic mass is 10.0. The molecule has 2 rings (SSSR count). The summed E-state index contributed by atoms with van der Waals surface area (Å²) in [7, 11) is 0. The van der Waals surface area contributed by atoms with Crippen molar-refractivity contribution in [1.29, 1.82) is 0 Å². The summed E-state index contributed by atoms with van der Waals surface area (Å²) in [4.78, 5) is 0. The molecule has 0 unspecified atom stereocenters. The molecule has 0 fully saturated rings. The van der Waals surface area contributed by atoms with E-state index in [1.165, 1.54) is 11.1 Å². The Balaban J connectivity index is 1.78. The van der Waals surface area contributed by atoms with Gasteiger partial charge in [0, 0.05) is 0 Å². The molecule has 5 nitrogen and oxygen atoms in total. The number of hydrogen-bond acceptors (Lipinski definition) is 5. The third-order valence-electron chi connectivity index (χ3n) is 3.35. The first-order valence-corrected chi connectivity index (χ1v) is 8.05. The highest BCUT2D eigenvalue weighted by molar-refractivity contribution is 5.34. The fourth-order valence-corrected chi connectivity index (χ4v) is 2.19. The van der Waals surface area contributed by atoms with Crippen LogP contribution < -0.4 is 9.47 Å². The number of aliphatic hydroxyl groups is 2. The molecule has 0 saturated carbocycles. The highest BCUT2D eigenvalue weighted by Gasteiger charge is 2.00. The number of ether oxygens (including phenoxy) is 3. The highest BCUT2D eigenvalue weighted by Crippen LogP contribution is 2.17. The van der Waals surface area contributed by atoms with Gasteiger partial charge in [0.2, 0.25) is 0 Å². The van der Waals surface area contributed by atoms with Gasteiger partial charge in [0.25, 0.3) is 0 Å². The molecule has 130 valence electrons. The summed E-state index contributed by atoms with van der Waals surface area (Å²) < 4.78 is 16.1. The van der Waals surface area contributed by atoms with E-state index >= 15 is 0 Å². The van der Waals surface area contributed by atoms with Gasteiger partial charge in [-0.15, -0.1) is 0 Å². The zero-order chi connectivity index (χ0) is 17.0. The van der Waals surface area contributed by atoms with Crippen molar-refractivity contribution in [3.63, 3.8) is 0 Å². The molecule has 0 spiro atoms. The fraction of sp³-hybridized carbons (Fsp3) is 0.368. The molecule has 0 bridgehead atoms. The lowest BCUT2D eigenvalue weighted by Crippen LogP contribution is -2.09. The summed E-state index contributed by atoms with van der Waals surface area (Å²) in [5.41, 5.74) is 2.39. The average Bonchev–Trinajstić information content (AvgIpc) is 2.62. The summed E-state index contributed by atoms with van der Waals surface area (Å²) in [6.07, 6.45) is 0.834. The molecule has 0 heterocycles. The average molecular weight is 332 g/mol. The van der Waals surface area contributed by atoms with Gasteiger partial charge in [0.05, 0.1) is 26.4 Å². The fourth-order valence-electron chi connectivity index (χ4n) is 2.19. The van der Waals surface area contributed by atoms with Crippen molar-refractivity contribution in [2.45, 2.75) is 6.42 Å². The summed E-state index contributed by atoms with van der Waals surface area (Å²) >= 11 is 0. The monoisotopic (exact) mass is 332 g/mol. The van der Waals surface area contributed by atoms with Crippen molar-refractivity contribution in [2.75, 3.05) is 39.6 Å². The zero-order valence-electron chi connectivity index (χ0n) is 13.7. The molecule has 0 atom stereocenters. The Morgan fingerprint density at radius 2 is 1.08 bits per heavy atom. The van der Waals surface area contributed by atoms with Crippen LogP contribution in [0.5, 0.6) is 11.5 Å². The van der Waals surface area contributed by atoms with Crippen LogP contribution in [0, 0.1) is 0 Å². The van der Waals surface area contributed by atoms with Gasteiger partial charge in [0.1, 0.15) is 24.7 Å². The Labute approximate surface area is 142 Å². The third-order valence-corrected chi connectivity index (χ3v) is 3.35. The molecule has 0 amide bonds. The van der Waals surface area contributed by atoms with E-state index in [0.717, 1.165) is 17.9 Å². The van der Waals surface area contributed by atoms with E-state index in [-0.39, 0.29) is 13.2 Å². The van der Waals surface area contributed by atoms with Gasteiger partial charge < -0.3 is 24.4 Å². The van der Waals surface area contributed by atoms with Crippen LogP contribution in [0.3, 0.4) is 0 Å². The van der Waals surface area contributed by atoms with Crippen LogP contribution in [0.1, 0.15) is 11.1 Å². The van der Waals surface area contributed by atoms with Gasteiger partial charge in [-0.05, 0) is 41.8 Å².